The molecule has 1 aromatic carbocycles. The Kier molecular flexibility index (Phi) is 2.10. The van der Waals surface area contributed by atoms with Crippen LogP contribution in [0.1, 0.15) is 17.5 Å². The highest BCUT2D eigenvalue weighted by Crippen LogP contribution is 2.31. The van der Waals surface area contributed by atoms with E-state index < -0.39 is 0 Å². The van der Waals surface area contributed by atoms with Gasteiger partial charge in [-0.05, 0) is 23.6 Å². The zero-order valence-electron chi connectivity index (χ0n) is 8.44. The van der Waals surface area contributed by atoms with Crippen molar-refractivity contribution in [1.29, 1.82) is 0 Å². The number of azo groups is 1. The molecule has 3 heteroatoms. The Morgan fingerprint density at radius 3 is 3.13 bits per heavy atom. The van der Waals surface area contributed by atoms with E-state index >= 15 is 0 Å². The summed E-state index contributed by atoms with van der Waals surface area (Å²) in [5.41, 5.74) is 4.88. The summed E-state index contributed by atoms with van der Waals surface area (Å²) >= 11 is 0. The lowest BCUT2D eigenvalue weighted by atomic mass is 9.99. The fraction of sp³-hybridized carbons (Fsp3) is 0.333. The summed E-state index contributed by atoms with van der Waals surface area (Å²) in [5, 5.41) is 8.14. The lowest BCUT2D eigenvalue weighted by Crippen LogP contribution is -2.03. The van der Waals surface area contributed by atoms with E-state index in [1.165, 1.54) is 16.7 Å². The standard InChI is InChI=1S/C12H12N2O/c1-2-11-8-13-14-12(11)7-10(1)9-3-5-15-6-4-9/h1-3,7H,4-6,8H2. The summed E-state index contributed by atoms with van der Waals surface area (Å²) in [5.74, 6) is 0. The van der Waals surface area contributed by atoms with Crippen LogP contribution in [0.4, 0.5) is 5.69 Å². The molecular formula is C12H12N2O. The van der Waals surface area contributed by atoms with Gasteiger partial charge >= 0.3 is 0 Å². The minimum absolute atomic E-state index is 0.730. The molecular weight excluding hydrogens is 188 g/mol. The van der Waals surface area contributed by atoms with Gasteiger partial charge in [0.25, 0.3) is 0 Å². The molecule has 0 saturated heterocycles. The third-order valence-electron chi connectivity index (χ3n) is 2.84. The number of rotatable bonds is 1. The van der Waals surface area contributed by atoms with E-state index in [9.17, 15) is 0 Å². The highest BCUT2D eigenvalue weighted by molar-refractivity contribution is 5.70. The first kappa shape index (κ1) is 8.80. The van der Waals surface area contributed by atoms with Crippen LogP contribution in [0.3, 0.4) is 0 Å². The Hall–Kier alpha value is -1.48. The van der Waals surface area contributed by atoms with Crippen molar-refractivity contribution in [3.05, 3.63) is 35.4 Å². The van der Waals surface area contributed by atoms with Gasteiger partial charge in [0.05, 0.1) is 25.4 Å². The first-order valence-corrected chi connectivity index (χ1v) is 5.21. The van der Waals surface area contributed by atoms with E-state index in [2.05, 4.69) is 34.5 Å². The van der Waals surface area contributed by atoms with Gasteiger partial charge in [0.15, 0.2) is 0 Å². The first-order valence-electron chi connectivity index (χ1n) is 5.21. The molecule has 3 rings (SSSR count). The molecule has 0 spiro atoms. The molecule has 2 aliphatic heterocycles. The Labute approximate surface area is 88.5 Å². The molecule has 0 radical (unpaired) electrons. The third-order valence-corrected chi connectivity index (χ3v) is 2.84. The maximum atomic E-state index is 5.30. The summed E-state index contributed by atoms with van der Waals surface area (Å²) in [6, 6.07) is 6.41. The summed E-state index contributed by atoms with van der Waals surface area (Å²) in [7, 11) is 0. The Balaban J connectivity index is 1.98. The SMILES string of the molecule is C1=C(c2ccc3c(c2)N=NC3)CCOC1. The van der Waals surface area contributed by atoms with Gasteiger partial charge in [0, 0.05) is 5.56 Å². The molecule has 0 atom stereocenters. The molecule has 0 aliphatic carbocycles. The van der Waals surface area contributed by atoms with Crippen LogP contribution >= 0.6 is 0 Å². The van der Waals surface area contributed by atoms with Crippen LogP contribution in [0.2, 0.25) is 0 Å². The first-order chi connectivity index (χ1) is 7.43. The van der Waals surface area contributed by atoms with Gasteiger partial charge in [0.1, 0.15) is 0 Å². The van der Waals surface area contributed by atoms with Gasteiger partial charge in [-0.3, -0.25) is 0 Å². The van der Waals surface area contributed by atoms with Gasteiger partial charge in [-0.2, -0.15) is 10.2 Å². The van der Waals surface area contributed by atoms with Gasteiger partial charge in [-0.1, -0.05) is 18.2 Å². The number of hydrogen-bond acceptors (Lipinski definition) is 3. The van der Waals surface area contributed by atoms with Crippen LogP contribution in [0.15, 0.2) is 34.5 Å². The zero-order valence-corrected chi connectivity index (χ0v) is 8.44. The molecule has 3 nitrogen and oxygen atoms in total. The monoisotopic (exact) mass is 200 g/mol. The van der Waals surface area contributed by atoms with E-state index in [0.717, 1.165) is 31.9 Å². The smallest absolute Gasteiger partial charge is 0.0910 e. The van der Waals surface area contributed by atoms with E-state index in [4.69, 9.17) is 4.74 Å². The highest BCUT2D eigenvalue weighted by Gasteiger charge is 2.11. The molecule has 15 heavy (non-hydrogen) atoms. The van der Waals surface area contributed by atoms with E-state index in [1.54, 1.807) is 0 Å². The largest absolute Gasteiger partial charge is 0.377 e. The molecule has 76 valence electrons. The minimum Gasteiger partial charge on any atom is -0.377 e. The van der Waals surface area contributed by atoms with Crippen molar-refractivity contribution in [2.24, 2.45) is 10.2 Å². The molecule has 0 amide bonds. The number of fused-ring (bicyclic) bond motifs is 1. The Morgan fingerprint density at radius 1 is 1.27 bits per heavy atom. The van der Waals surface area contributed by atoms with Crippen molar-refractivity contribution in [2.45, 2.75) is 13.0 Å². The zero-order chi connectivity index (χ0) is 10.1. The average molecular weight is 200 g/mol. The third kappa shape index (κ3) is 1.59. The van der Waals surface area contributed by atoms with Crippen LogP contribution < -0.4 is 0 Å². The van der Waals surface area contributed by atoms with E-state index in [1.807, 2.05) is 0 Å². The summed E-state index contributed by atoms with van der Waals surface area (Å²) in [4.78, 5) is 0. The fourth-order valence-corrected chi connectivity index (χ4v) is 1.97. The summed E-state index contributed by atoms with van der Waals surface area (Å²) in [6.07, 6.45) is 3.15. The fourth-order valence-electron chi connectivity index (χ4n) is 1.97. The number of nitrogens with zero attached hydrogens (tertiary/aromatic N) is 2. The van der Waals surface area contributed by atoms with E-state index in [0.29, 0.717) is 0 Å². The van der Waals surface area contributed by atoms with E-state index in [-0.39, 0.29) is 0 Å². The van der Waals surface area contributed by atoms with Gasteiger partial charge in [-0.25, -0.2) is 0 Å². The van der Waals surface area contributed by atoms with Crippen LogP contribution in [0.5, 0.6) is 0 Å². The molecule has 2 heterocycles. The number of ether oxygens (including phenoxy) is 1. The Morgan fingerprint density at radius 2 is 2.27 bits per heavy atom. The van der Waals surface area contributed by atoms with Crippen molar-refractivity contribution in [2.75, 3.05) is 13.2 Å². The van der Waals surface area contributed by atoms with Crippen molar-refractivity contribution in [3.63, 3.8) is 0 Å². The van der Waals surface area contributed by atoms with Crippen molar-refractivity contribution in [3.8, 4) is 0 Å². The van der Waals surface area contributed by atoms with Gasteiger partial charge in [0.2, 0.25) is 0 Å². The van der Waals surface area contributed by atoms with Crippen molar-refractivity contribution in [1.82, 2.24) is 0 Å². The number of benzene rings is 1. The molecule has 2 aliphatic rings. The second kappa shape index (κ2) is 3.59. The summed E-state index contributed by atoms with van der Waals surface area (Å²) < 4.78 is 5.30. The molecule has 0 aromatic heterocycles. The lowest BCUT2D eigenvalue weighted by molar-refractivity contribution is 0.161. The topological polar surface area (TPSA) is 34.0 Å². The molecule has 1 aromatic rings. The molecule has 0 unspecified atom stereocenters. The normalized spacial score (nSPS) is 18.8. The van der Waals surface area contributed by atoms with Gasteiger partial charge < -0.3 is 4.74 Å². The number of hydrogen-bond donors (Lipinski definition) is 0. The molecule has 0 fully saturated rings. The minimum atomic E-state index is 0.730. The van der Waals surface area contributed by atoms with Crippen LogP contribution in [-0.2, 0) is 11.3 Å². The average Bonchev–Trinajstić information content (AvgIpc) is 2.77. The van der Waals surface area contributed by atoms with Gasteiger partial charge in [-0.15, -0.1) is 0 Å². The highest BCUT2D eigenvalue weighted by atomic mass is 16.5. The molecule has 0 saturated carbocycles. The maximum absolute atomic E-state index is 5.30. The molecule has 0 N–H and O–H groups in total. The van der Waals surface area contributed by atoms with Crippen molar-refractivity contribution >= 4 is 11.3 Å². The predicted molar refractivity (Wildman–Crippen MR) is 58.1 cm³/mol. The second-order valence-corrected chi connectivity index (χ2v) is 3.80. The van der Waals surface area contributed by atoms with Crippen LogP contribution in [0.25, 0.3) is 5.57 Å². The summed E-state index contributed by atoms with van der Waals surface area (Å²) in [6.45, 7) is 2.29. The maximum Gasteiger partial charge on any atom is 0.0910 e. The van der Waals surface area contributed by atoms with Crippen LogP contribution in [-0.4, -0.2) is 13.2 Å². The quantitative estimate of drug-likeness (QED) is 0.685. The predicted octanol–water partition coefficient (Wildman–Crippen LogP) is 3.09. The van der Waals surface area contributed by atoms with Crippen molar-refractivity contribution < 1.29 is 4.74 Å². The second-order valence-electron chi connectivity index (χ2n) is 3.80. The van der Waals surface area contributed by atoms with Crippen LogP contribution in [0, 0.1) is 0 Å². The lowest BCUT2D eigenvalue weighted by Gasteiger charge is -2.13. The molecule has 0 bridgehead atoms. The Bertz CT molecular complexity index is 449.